The molecule has 4 heterocycles. The van der Waals surface area contributed by atoms with Crippen LogP contribution in [0.5, 0.6) is 0 Å². The minimum atomic E-state index is -0.454. The summed E-state index contributed by atoms with van der Waals surface area (Å²) in [6.45, 7) is 9.97. The van der Waals surface area contributed by atoms with Crippen molar-refractivity contribution >= 4 is 51.6 Å². The summed E-state index contributed by atoms with van der Waals surface area (Å²) in [4.78, 5) is 38.4. The maximum absolute atomic E-state index is 14.1. The van der Waals surface area contributed by atoms with Gasteiger partial charge in [0.15, 0.2) is 5.17 Å². The van der Waals surface area contributed by atoms with Crippen molar-refractivity contribution in [1.29, 1.82) is 0 Å². The van der Waals surface area contributed by atoms with Gasteiger partial charge < -0.3 is 14.7 Å². The molecule has 0 bridgehead atoms. The Morgan fingerprint density at radius 1 is 0.972 bits per heavy atom. The van der Waals surface area contributed by atoms with E-state index in [2.05, 4.69) is 60.8 Å². The number of hydrogen-bond donors (Lipinski definition) is 0. The van der Waals surface area contributed by atoms with Gasteiger partial charge in [0.05, 0.1) is 16.2 Å². The molecule has 0 aliphatic carbocycles. The molecule has 2 aromatic carbocycles. The van der Waals surface area contributed by atoms with Crippen molar-refractivity contribution in [1.82, 2.24) is 9.80 Å². The summed E-state index contributed by atoms with van der Waals surface area (Å²) >= 11 is 7.55. The molecule has 2 amide bonds. The smallest absolute Gasteiger partial charge is 0.287 e. The zero-order chi connectivity index (χ0) is 25.4. The number of piperazine rings is 1. The third-order valence-corrected chi connectivity index (χ3v) is 9.37. The van der Waals surface area contributed by atoms with Crippen molar-refractivity contribution in [3.05, 3.63) is 69.1 Å². The number of thioether (sulfide) groups is 1. The summed E-state index contributed by atoms with van der Waals surface area (Å²) in [5, 5.41) is 1.41. The molecule has 8 heteroatoms. The SMILES string of the molecule is CN1CCN(C2=NC(=O)/C(=C3/C(=O)N4c5c3cccc5C(C)(c3ccc(Cl)cc3)CC4(C)C)S2)CC1. The summed E-state index contributed by atoms with van der Waals surface area (Å²) in [5.41, 5.74) is 3.73. The van der Waals surface area contributed by atoms with Crippen LogP contribution in [0.15, 0.2) is 52.4 Å². The number of hydrogen-bond acceptors (Lipinski definition) is 5. The lowest BCUT2D eigenvalue weighted by Gasteiger charge is -2.49. The molecule has 36 heavy (non-hydrogen) atoms. The van der Waals surface area contributed by atoms with Crippen molar-refractivity contribution < 1.29 is 9.59 Å². The first-order chi connectivity index (χ1) is 17.1. The zero-order valence-corrected chi connectivity index (χ0v) is 22.5. The Kier molecular flexibility index (Phi) is 5.41. The average Bonchev–Trinajstić information content (AvgIpc) is 3.35. The van der Waals surface area contributed by atoms with Crippen molar-refractivity contribution in [2.45, 2.75) is 38.1 Å². The molecule has 0 spiro atoms. The molecular weight excluding hydrogens is 492 g/mol. The minimum absolute atomic E-state index is 0.105. The molecule has 0 N–H and O–H groups in total. The molecule has 1 unspecified atom stereocenters. The number of rotatable bonds is 1. The first-order valence-electron chi connectivity index (χ1n) is 12.3. The van der Waals surface area contributed by atoms with E-state index in [1.54, 1.807) is 0 Å². The van der Waals surface area contributed by atoms with Gasteiger partial charge >= 0.3 is 0 Å². The van der Waals surface area contributed by atoms with Gasteiger partial charge in [-0.1, -0.05) is 48.9 Å². The van der Waals surface area contributed by atoms with E-state index in [9.17, 15) is 9.59 Å². The largest absolute Gasteiger partial charge is 0.348 e. The van der Waals surface area contributed by atoms with Crippen LogP contribution in [0, 0.1) is 0 Å². The fourth-order valence-electron chi connectivity index (χ4n) is 6.26. The normalized spacial score (nSPS) is 27.5. The highest BCUT2D eigenvalue weighted by Gasteiger charge is 2.53. The second-order valence-electron chi connectivity index (χ2n) is 11.0. The average molecular weight is 521 g/mol. The Bertz CT molecular complexity index is 1360. The van der Waals surface area contributed by atoms with Crippen molar-refractivity contribution in [2.24, 2.45) is 4.99 Å². The van der Waals surface area contributed by atoms with E-state index >= 15 is 0 Å². The van der Waals surface area contributed by atoms with E-state index in [0.717, 1.165) is 55.0 Å². The van der Waals surface area contributed by atoms with E-state index in [1.165, 1.54) is 11.8 Å². The fourth-order valence-corrected chi connectivity index (χ4v) is 7.44. The molecular formula is C28H29ClN4O2S. The number of likely N-dealkylation sites (N-methyl/N-ethyl adjacent to an activating group) is 1. The first kappa shape index (κ1) is 23.8. The highest BCUT2D eigenvalue weighted by atomic mass is 35.5. The number of para-hydroxylation sites is 1. The van der Waals surface area contributed by atoms with Gasteiger partial charge in [-0.15, -0.1) is 0 Å². The van der Waals surface area contributed by atoms with Crippen LogP contribution in [0.3, 0.4) is 0 Å². The number of amidine groups is 1. The monoisotopic (exact) mass is 520 g/mol. The number of anilines is 1. The van der Waals surface area contributed by atoms with Gasteiger partial charge in [-0.25, -0.2) is 0 Å². The van der Waals surface area contributed by atoms with Crippen LogP contribution in [0.25, 0.3) is 5.57 Å². The van der Waals surface area contributed by atoms with Crippen molar-refractivity contribution in [2.75, 3.05) is 38.1 Å². The third-order valence-electron chi connectivity index (χ3n) is 8.00. The van der Waals surface area contributed by atoms with Gasteiger partial charge in [0, 0.05) is 47.7 Å². The maximum Gasteiger partial charge on any atom is 0.287 e. The van der Waals surface area contributed by atoms with Crippen molar-refractivity contribution in [3.63, 3.8) is 0 Å². The summed E-state index contributed by atoms with van der Waals surface area (Å²) in [6, 6.07) is 14.1. The Balaban J connectivity index is 1.47. The van der Waals surface area contributed by atoms with Crippen LogP contribution < -0.4 is 4.90 Å². The highest BCUT2D eigenvalue weighted by Crippen LogP contribution is 2.57. The van der Waals surface area contributed by atoms with Crippen LogP contribution >= 0.6 is 23.4 Å². The molecule has 4 aliphatic rings. The summed E-state index contributed by atoms with van der Waals surface area (Å²) in [7, 11) is 2.10. The Hall–Kier alpha value is -2.61. The first-order valence-corrected chi connectivity index (χ1v) is 13.5. The van der Waals surface area contributed by atoms with Gasteiger partial charge in [-0.3, -0.25) is 9.59 Å². The molecule has 4 aliphatic heterocycles. The Morgan fingerprint density at radius 3 is 2.36 bits per heavy atom. The maximum atomic E-state index is 14.1. The number of halogens is 1. The number of nitrogens with zero attached hydrogens (tertiary/aromatic N) is 4. The molecule has 6 nitrogen and oxygen atoms in total. The Morgan fingerprint density at radius 2 is 1.67 bits per heavy atom. The molecule has 186 valence electrons. The van der Waals surface area contributed by atoms with Gasteiger partial charge in [0.25, 0.3) is 11.8 Å². The quantitative estimate of drug-likeness (QED) is 0.507. The van der Waals surface area contributed by atoms with Crippen LogP contribution in [0.2, 0.25) is 5.02 Å². The lowest BCUT2D eigenvalue weighted by atomic mass is 9.65. The molecule has 0 aromatic heterocycles. The summed E-state index contributed by atoms with van der Waals surface area (Å²) < 4.78 is 0. The molecule has 1 saturated heterocycles. The second-order valence-corrected chi connectivity index (χ2v) is 12.4. The second kappa shape index (κ2) is 8.20. The number of carbonyl (C=O) groups excluding carboxylic acids is 2. The van der Waals surface area contributed by atoms with E-state index in [0.29, 0.717) is 20.7 Å². The predicted molar refractivity (Wildman–Crippen MR) is 147 cm³/mol. The lowest BCUT2D eigenvalue weighted by molar-refractivity contribution is -0.115. The highest BCUT2D eigenvalue weighted by molar-refractivity contribution is 8.18. The number of amides is 2. The molecule has 0 radical (unpaired) electrons. The number of carbonyl (C=O) groups is 2. The predicted octanol–water partition coefficient (Wildman–Crippen LogP) is 4.76. The summed E-state index contributed by atoms with van der Waals surface area (Å²) in [5.74, 6) is -0.417. The molecule has 1 atom stereocenters. The van der Waals surface area contributed by atoms with Crippen LogP contribution in [0.4, 0.5) is 5.69 Å². The fraction of sp³-hybridized carbons (Fsp3) is 0.393. The summed E-state index contributed by atoms with van der Waals surface area (Å²) in [6.07, 6.45) is 0.747. The minimum Gasteiger partial charge on any atom is -0.348 e. The van der Waals surface area contributed by atoms with Crippen LogP contribution in [0.1, 0.15) is 43.9 Å². The standard InChI is InChI=1S/C28H29ClN4O2S/c1-27(2)16-28(3,17-8-10-18(29)11-9-17)20-7-5-6-19-21(25(35)33(27)22(19)20)23-24(34)30-26(36-23)32-14-12-31(4)13-15-32/h5-11H,12-16H2,1-4H3/b23-21-. The Labute approximate surface area is 221 Å². The topological polar surface area (TPSA) is 56.2 Å². The lowest BCUT2D eigenvalue weighted by Crippen LogP contribution is -2.54. The molecule has 1 fully saturated rings. The van der Waals surface area contributed by atoms with Crippen LogP contribution in [-0.4, -0.2) is 65.5 Å². The zero-order valence-electron chi connectivity index (χ0n) is 21.0. The van der Waals surface area contributed by atoms with Gasteiger partial charge in [-0.05, 0) is 62.3 Å². The molecule has 0 saturated carbocycles. The van der Waals surface area contributed by atoms with E-state index in [1.807, 2.05) is 29.2 Å². The molecule has 6 rings (SSSR count). The molecule has 2 aromatic rings. The van der Waals surface area contributed by atoms with E-state index in [4.69, 9.17) is 11.6 Å². The van der Waals surface area contributed by atoms with Gasteiger partial charge in [0.2, 0.25) is 0 Å². The number of aliphatic imine (C=N–C) groups is 1. The third kappa shape index (κ3) is 3.47. The van der Waals surface area contributed by atoms with E-state index in [-0.39, 0.29) is 17.2 Å². The number of benzene rings is 2. The van der Waals surface area contributed by atoms with Gasteiger partial charge in [0.1, 0.15) is 0 Å². The van der Waals surface area contributed by atoms with Crippen LogP contribution in [-0.2, 0) is 15.0 Å². The van der Waals surface area contributed by atoms with Gasteiger partial charge in [-0.2, -0.15) is 4.99 Å². The van der Waals surface area contributed by atoms with Crippen molar-refractivity contribution in [3.8, 4) is 0 Å². The van der Waals surface area contributed by atoms with E-state index < -0.39 is 5.54 Å².